The Kier molecular flexibility index (Phi) is 30.7. The fourth-order valence-electron chi connectivity index (χ4n) is 4.04. The average molecular weight is 772 g/mol. The number of carbonyl (C=O) groups is 1. The van der Waals surface area contributed by atoms with Crippen molar-refractivity contribution in [2.45, 2.75) is 0 Å². The molecule has 0 heterocycles. The molecule has 2 aromatic carbocycles. The lowest BCUT2D eigenvalue weighted by Crippen LogP contribution is -2.15. The Morgan fingerprint density at radius 1 is 0.370 bits per heavy atom. The third kappa shape index (κ3) is 28.2. The van der Waals surface area contributed by atoms with Crippen molar-refractivity contribution in [3.05, 3.63) is 64.2 Å². The standard InChI is InChI=1S/C37H57NO16/c39-33-34-1-5-36(6-2-34)53-31-29-51-27-25-49-23-21-47-19-17-45-15-13-43-11-9-42-10-12-44-14-16-46-18-20-48-22-24-50-26-28-52-30-32-54-37-7-3-35(4-8-37)38(40)41/h1-8,33H,9-32H2. The third-order valence-corrected chi connectivity index (χ3v) is 6.78. The minimum absolute atomic E-state index is 0.0218. The molecule has 0 aliphatic rings. The summed E-state index contributed by atoms with van der Waals surface area (Å²) in [5.41, 5.74) is 0.634. The molecule has 0 fully saturated rings. The molecule has 17 heteroatoms. The molecule has 0 spiro atoms. The van der Waals surface area contributed by atoms with Gasteiger partial charge in [-0.2, -0.15) is 0 Å². The van der Waals surface area contributed by atoms with E-state index in [1.165, 1.54) is 12.1 Å². The van der Waals surface area contributed by atoms with Gasteiger partial charge >= 0.3 is 0 Å². The summed E-state index contributed by atoms with van der Waals surface area (Å²) >= 11 is 0. The summed E-state index contributed by atoms with van der Waals surface area (Å²) in [6, 6.07) is 12.8. The largest absolute Gasteiger partial charge is 0.491 e. The number of aldehydes is 1. The zero-order valence-corrected chi connectivity index (χ0v) is 31.1. The maximum atomic E-state index is 10.6. The molecule has 0 aliphatic carbocycles. The minimum atomic E-state index is -0.454. The molecule has 0 unspecified atom stereocenters. The fourth-order valence-corrected chi connectivity index (χ4v) is 4.04. The predicted molar refractivity (Wildman–Crippen MR) is 195 cm³/mol. The highest BCUT2D eigenvalue weighted by atomic mass is 16.6. The monoisotopic (exact) mass is 771 g/mol. The Balaban J connectivity index is 1.15. The van der Waals surface area contributed by atoms with Crippen molar-refractivity contribution in [3.63, 3.8) is 0 Å². The molecule has 0 aromatic heterocycles. The molecule has 0 saturated carbocycles. The van der Waals surface area contributed by atoms with Crippen LogP contribution in [0.25, 0.3) is 0 Å². The number of benzene rings is 2. The predicted octanol–water partition coefficient (Wildman–Crippen LogP) is 3.05. The first-order chi connectivity index (χ1) is 26.7. The van der Waals surface area contributed by atoms with E-state index in [0.717, 1.165) is 6.29 Å². The fraction of sp³-hybridized carbons (Fsp3) is 0.649. The van der Waals surface area contributed by atoms with E-state index in [1.54, 1.807) is 36.4 Å². The van der Waals surface area contributed by atoms with Crippen LogP contribution in [0, 0.1) is 10.1 Å². The van der Waals surface area contributed by atoms with Gasteiger partial charge in [-0.15, -0.1) is 0 Å². The first kappa shape index (κ1) is 46.8. The number of nitrogens with zero attached hydrogens (tertiary/aromatic N) is 1. The van der Waals surface area contributed by atoms with Crippen LogP contribution < -0.4 is 9.47 Å². The molecular formula is C37H57NO16. The van der Waals surface area contributed by atoms with Crippen LogP contribution in [-0.2, 0) is 52.1 Å². The maximum Gasteiger partial charge on any atom is 0.269 e. The van der Waals surface area contributed by atoms with E-state index in [4.69, 9.17) is 61.6 Å². The van der Waals surface area contributed by atoms with E-state index in [1.807, 2.05) is 0 Å². The van der Waals surface area contributed by atoms with E-state index < -0.39 is 4.92 Å². The van der Waals surface area contributed by atoms with Crippen LogP contribution in [0.15, 0.2) is 48.5 Å². The molecule has 0 atom stereocenters. The Bertz CT molecular complexity index is 1140. The zero-order chi connectivity index (χ0) is 38.4. The summed E-state index contributed by atoms with van der Waals surface area (Å²) in [4.78, 5) is 20.8. The number of hydrogen-bond acceptors (Lipinski definition) is 16. The van der Waals surface area contributed by atoms with Crippen LogP contribution in [0.4, 0.5) is 5.69 Å². The van der Waals surface area contributed by atoms with Crippen molar-refractivity contribution in [2.24, 2.45) is 0 Å². The number of nitro benzene ring substituents is 1. The van der Waals surface area contributed by atoms with Crippen molar-refractivity contribution < 1.29 is 71.3 Å². The molecule has 0 radical (unpaired) electrons. The van der Waals surface area contributed by atoms with Crippen molar-refractivity contribution in [3.8, 4) is 11.5 Å². The number of hydrogen-bond donors (Lipinski definition) is 0. The normalized spacial score (nSPS) is 11.2. The van der Waals surface area contributed by atoms with Gasteiger partial charge in [-0.25, -0.2) is 0 Å². The molecule has 0 N–H and O–H groups in total. The van der Waals surface area contributed by atoms with Crippen molar-refractivity contribution in [1.82, 2.24) is 0 Å². The van der Waals surface area contributed by atoms with Gasteiger partial charge in [0, 0.05) is 17.7 Å². The van der Waals surface area contributed by atoms with Gasteiger partial charge in [0.25, 0.3) is 5.69 Å². The molecular weight excluding hydrogens is 714 g/mol. The Labute approximate surface area is 317 Å². The molecule has 2 rings (SSSR count). The van der Waals surface area contributed by atoms with E-state index in [2.05, 4.69) is 0 Å². The molecule has 306 valence electrons. The summed E-state index contributed by atoms with van der Waals surface area (Å²) in [5, 5.41) is 10.6. The van der Waals surface area contributed by atoms with Crippen LogP contribution in [-0.4, -0.2) is 170 Å². The lowest BCUT2D eigenvalue weighted by atomic mass is 10.2. The number of carbonyl (C=O) groups excluding carboxylic acids is 1. The highest BCUT2D eigenvalue weighted by Crippen LogP contribution is 2.17. The Hall–Kier alpha value is -3.33. The Morgan fingerprint density at radius 3 is 0.815 bits per heavy atom. The van der Waals surface area contributed by atoms with Crippen LogP contribution in [0.2, 0.25) is 0 Å². The lowest BCUT2D eigenvalue weighted by molar-refractivity contribution is -0.384. The quantitative estimate of drug-likeness (QED) is 0.0417. The third-order valence-electron chi connectivity index (χ3n) is 6.78. The van der Waals surface area contributed by atoms with Gasteiger partial charge < -0.3 is 61.6 Å². The van der Waals surface area contributed by atoms with E-state index in [9.17, 15) is 14.9 Å². The van der Waals surface area contributed by atoms with Gasteiger partial charge in [0.15, 0.2) is 0 Å². The summed E-state index contributed by atoms with van der Waals surface area (Å²) in [7, 11) is 0. The molecule has 17 nitrogen and oxygen atoms in total. The average Bonchev–Trinajstić information content (AvgIpc) is 3.19. The number of rotatable bonds is 40. The second-order valence-corrected chi connectivity index (χ2v) is 10.9. The molecule has 0 bridgehead atoms. The van der Waals surface area contributed by atoms with Crippen LogP contribution in [0.1, 0.15) is 10.4 Å². The molecule has 0 aliphatic heterocycles. The number of non-ortho nitro benzene ring substituents is 1. The lowest BCUT2D eigenvalue weighted by Gasteiger charge is -2.09. The summed E-state index contributed by atoms with van der Waals surface area (Å²) in [5.74, 6) is 1.25. The SMILES string of the molecule is O=Cc1ccc(OCCOCCOCCOCCOCCOCCOCCOCCOCCOCCOCCOCCOc2ccc([N+](=O)[O-])cc2)cc1. The van der Waals surface area contributed by atoms with E-state index in [-0.39, 0.29) is 5.69 Å². The van der Waals surface area contributed by atoms with E-state index >= 15 is 0 Å². The van der Waals surface area contributed by atoms with Gasteiger partial charge in [-0.1, -0.05) is 0 Å². The van der Waals surface area contributed by atoms with Crippen LogP contribution in [0.3, 0.4) is 0 Å². The maximum absolute atomic E-state index is 10.6. The summed E-state index contributed by atoms with van der Waals surface area (Å²) in [6.07, 6.45) is 0.794. The first-order valence-corrected chi connectivity index (χ1v) is 18.1. The van der Waals surface area contributed by atoms with Crippen LogP contribution >= 0.6 is 0 Å². The van der Waals surface area contributed by atoms with Crippen molar-refractivity contribution >= 4 is 12.0 Å². The minimum Gasteiger partial charge on any atom is -0.491 e. The van der Waals surface area contributed by atoms with Gasteiger partial charge in [-0.05, 0) is 36.4 Å². The number of ether oxygens (including phenoxy) is 13. The molecule has 0 saturated heterocycles. The molecule has 2 aromatic rings. The number of nitro groups is 1. The first-order valence-electron chi connectivity index (χ1n) is 18.1. The van der Waals surface area contributed by atoms with Gasteiger partial charge in [0.05, 0.1) is 150 Å². The van der Waals surface area contributed by atoms with Crippen LogP contribution in [0.5, 0.6) is 11.5 Å². The van der Waals surface area contributed by atoms with Gasteiger partial charge in [-0.3, -0.25) is 14.9 Å². The van der Waals surface area contributed by atoms with Gasteiger partial charge in [0.1, 0.15) is 31.0 Å². The molecule has 0 amide bonds. The second-order valence-electron chi connectivity index (χ2n) is 10.9. The smallest absolute Gasteiger partial charge is 0.269 e. The van der Waals surface area contributed by atoms with Crippen molar-refractivity contribution in [1.29, 1.82) is 0 Å². The van der Waals surface area contributed by atoms with Crippen molar-refractivity contribution in [2.75, 3.05) is 159 Å². The Morgan fingerprint density at radius 2 is 0.593 bits per heavy atom. The summed E-state index contributed by atoms with van der Waals surface area (Å²) in [6.45, 7) is 11.0. The summed E-state index contributed by atoms with van der Waals surface area (Å²) < 4.78 is 71.2. The van der Waals surface area contributed by atoms with E-state index in [0.29, 0.717) is 176 Å². The zero-order valence-electron chi connectivity index (χ0n) is 31.1. The topological polar surface area (TPSA) is 180 Å². The highest BCUT2D eigenvalue weighted by molar-refractivity contribution is 5.74. The second kappa shape index (κ2) is 35.4. The molecule has 54 heavy (non-hydrogen) atoms. The highest BCUT2D eigenvalue weighted by Gasteiger charge is 2.04. The van der Waals surface area contributed by atoms with Gasteiger partial charge in [0.2, 0.25) is 0 Å².